The number of hydrogen-bond acceptors (Lipinski definition) is 4. The number of nitrogens with one attached hydrogen (secondary N) is 2. The van der Waals surface area contributed by atoms with Gasteiger partial charge in [-0.3, -0.25) is 9.59 Å². The lowest BCUT2D eigenvalue weighted by Gasteiger charge is -2.13. The summed E-state index contributed by atoms with van der Waals surface area (Å²) in [5.74, 6) is -0.404. The number of aryl methyl sites for hydroxylation is 1. The zero-order valence-electron chi connectivity index (χ0n) is 14.6. The largest absolute Gasteiger partial charge is 0.383 e. The molecule has 0 bridgehead atoms. The molecular weight excluding hydrogens is 372 g/mol. The third-order valence-electron chi connectivity index (χ3n) is 4.32. The Morgan fingerprint density at radius 1 is 1.15 bits per heavy atom. The van der Waals surface area contributed by atoms with Crippen LogP contribution in [0.1, 0.15) is 44.0 Å². The van der Waals surface area contributed by atoms with Crippen LogP contribution in [-0.4, -0.2) is 32.1 Å². The van der Waals surface area contributed by atoms with Crippen molar-refractivity contribution in [2.24, 2.45) is 0 Å². The Hall–Kier alpha value is -1.89. The fourth-order valence-corrected chi connectivity index (χ4v) is 4.43. The summed E-state index contributed by atoms with van der Waals surface area (Å²) < 4.78 is 4.99. The number of amides is 2. The lowest BCUT2D eigenvalue weighted by Crippen LogP contribution is -2.28. The fourth-order valence-electron chi connectivity index (χ4n) is 3.03. The van der Waals surface area contributed by atoms with E-state index in [9.17, 15) is 9.59 Å². The van der Waals surface area contributed by atoms with E-state index in [1.807, 2.05) is 0 Å². The van der Waals surface area contributed by atoms with Gasteiger partial charge in [-0.25, -0.2) is 0 Å². The number of fused-ring (bicyclic) bond motifs is 1. The normalized spacial score (nSPS) is 13.2. The highest BCUT2D eigenvalue weighted by Gasteiger charge is 2.26. The van der Waals surface area contributed by atoms with E-state index < -0.39 is 0 Å². The van der Waals surface area contributed by atoms with Crippen LogP contribution in [0.25, 0.3) is 0 Å². The summed E-state index contributed by atoms with van der Waals surface area (Å²) in [7, 11) is 1.59. The monoisotopic (exact) mass is 392 g/mol. The van der Waals surface area contributed by atoms with E-state index in [0.717, 1.165) is 31.2 Å². The summed E-state index contributed by atoms with van der Waals surface area (Å²) >= 11 is 7.39. The molecule has 2 amide bonds. The highest BCUT2D eigenvalue weighted by Crippen LogP contribution is 2.38. The third kappa shape index (κ3) is 4.26. The number of ether oxygens (including phenoxy) is 1. The molecule has 7 heteroatoms. The van der Waals surface area contributed by atoms with Crippen LogP contribution in [0.5, 0.6) is 0 Å². The number of benzene rings is 1. The quantitative estimate of drug-likeness (QED) is 0.732. The smallest absolute Gasteiger partial charge is 0.256 e. The molecule has 1 aromatic carbocycles. The number of carbonyl (C=O) groups is 2. The fraction of sp³-hybridized carbons (Fsp3) is 0.368. The second-order valence-corrected chi connectivity index (χ2v) is 7.67. The molecule has 0 aliphatic heterocycles. The van der Waals surface area contributed by atoms with Gasteiger partial charge in [-0.15, -0.1) is 11.3 Å². The minimum Gasteiger partial charge on any atom is -0.383 e. The first-order chi connectivity index (χ1) is 12.6. The topological polar surface area (TPSA) is 67.4 Å². The van der Waals surface area contributed by atoms with Gasteiger partial charge in [0.05, 0.1) is 12.2 Å². The van der Waals surface area contributed by atoms with Gasteiger partial charge in [-0.1, -0.05) is 11.6 Å². The molecule has 3 rings (SSSR count). The summed E-state index contributed by atoms with van der Waals surface area (Å²) in [4.78, 5) is 26.5. The minimum absolute atomic E-state index is 0.159. The van der Waals surface area contributed by atoms with Crippen molar-refractivity contribution >= 4 is 39.8 Å². The highest BCUT2D eigenvalue weighted by atomic mass is 35.5. The van der Waals surface area contributed by atoms with Crippen LogP contribution in [0, 0.1) is 0 Å². The third-order valence-corrected chi connectivity index (χ3v) is 5.78. The van der Waals surface area contributed by atoms with Crippen LogP contribution >= 0.6 is 22.9 Å². The van der Waals surface area contributed by atoms with E-state index in [0.29, 0.717) is 34.3 Å². The number of methoxy groups -OCH3 is 1. The number of halogens is 1. The molecule has 1 heterocycles. The van der Waals surface area contributed by atoms with Gasteiger partial charge in [0.1, 0.15) is 5.00 Å². The molecule has 138 valence electrons. The molecule has 1 aromatic heterocycles. The first-order valence-corrected chi connectivity index (χ1v) is 9.78. The van der Waals surface area contributed by atoms with Crippen molar-refractivity contribution in [1.82, 2.24) is 5.32 Å². The van der Waals surface area contributed by atoms with Gasteiger partial charge in [0.25, 0.3) is 11.8 Å². The van der Waals surface area contributed by atoms with E-state index in [2.05, 4.69) is 10.6 Å². The average molecular weight is 393 g/mol. The van der Waals surface area contributed by atoms with Crippen LogP contribution in [0.15, 0.2) is 24.3 Å². The number of thiophene rings is 1. The van der Waals surface area contributed by atoms with Crippen molar-refractivity contribution < 1.29 is 14.3 Å². The first-order valence-electron chi connectivity index (χ1n) is 8.58. The van der Waals surface area contributed by atoms with Crippen LogP contribution in [0.2, 0.25) is 5.02 Å². The van der Waals surface area contributed by atoms with Gasteiger partial charge < -0.3 is 15.4 Å². The molecular formula is C19H21ClN2O3S. The van der Waals surface area contributed by atoms with E-state index in [-0.39, 0.29) is 11.8 Å². The van der Waals surface area contributed by atoms with Gasteiger partial charge in [0, 0.05) is 29.1 Å². The van der Waals surface area contributed by atoms with Gasteiger partial charge in [0.2, 0.25) is 0 Å². The van der Waals surface area contributed by atoms with E-state index in [1.54, 1.807) is 31.4 Å². The van der Waals surface area contributed by atoms with Crippen molar-refractivity contribution in [1.29, 1.82) is 0 Å². The Bertz CT molecular complexity index is 802. The van der Waals surface area contributed by atoms with Crippen molar-refractivity contribution in [3.63, 3.8) is 0 Å². The highest BCUT2D eigenvalue weighted by molar-refractivity contribution is 7.17. The Morgan fingerprint density at radius 2 is 1.88 bits per heavy atom. The predicted molar refractivity (Wildman–Crippen MR) is 105 cm³/mol. The minimum atomic E-state index is -0.244. The summed E-state index contributed by atoms with van der Waals surface area (Å²) in [6, 6.07) is 6.69. The molecule has 1 aliphatic rings. The van der Waals surface area contributed by atoms with Gasteiger partial charge in [-0.2, -0.15) is 0 Å². The lowest BCUT2D eigenvalue weighted by atomic mass is 9.95. The number of carbonyl (C=O) groups excluding carboxylic acids is 2. The molecule has 2 aromatic rings. The maximum absolute atomic E-state index is 12.7. The Balaban J connectivity index is 1.85. The number of anilines is 1. The Kier molecular flexibility index (Phi) is 6.29. The second kappa shape index (κ2) is 8.66. The molecule has 0 saturated heterocycles. The SMILES string of the molecule is COCCNC(=O)c1c(NC(=O)c2ccc(Cl)cc2)sc2c1CCCC2. The second-order valence-electron chi connectivity index (χ2n) is 6.12. The molecule has 5 nitrogen and oxygen atoms in total. The summed E-state index contributed by atoms with van der Waals surface area (Å²) in [6.07, 6.45) is 4.00. The number of hydrogen-bond donors (Lipinski definition) is 2. The molecule has 1 aliphatic carbocycles. The summed E-state index contributed by atoms with van der Waals surface area (Å²) in [5.41, 5.74) is 2.18. The van der Waals surface area contributed by atoms with Crippen LogP contribution < -0.4 is 10.6 Å². The van der Waals surface area contributed by atoms with Crippen molar-refractivity contribution in [3.8, 4) is 0 Å². The van der Waals surface area contributed by atoms with Crippen LogP contribution in [0.4, 0.5) is 5.00 Å². The maximum Gasteiger partial charge on any atom is 0.256 e. The van der Waals surface area contributed by atoms with E-state index >= 15 is 0 Å². The van der Waals surface area contributed by atoms with Gasteiger partial charge in [0.15, 0.2) is 0 Å². The molecule has 0 saturated carbocycles. The van der Waals surface area contributed by atoms with Crippen LogP contribution in [-0.2, 0) is 17.6 Å². The Morgan fingerprint density at radius 3 is 2.62 bits per heavy atom. The standard InChI is InChI=1S/C19H21ClN2O3S/c1-25-11-10-21-18(24)16-14-4-2-3-5-15(14)26-19(16)22-17(23)12-6-8-13(20)9-7-12/h6-9H,2-5,10-11H2,1H3,(H,21,24)(H,22,23). The van der Waals surface area contributed by atoms with Crippen LogP contribution in [0.3, 0.4) is 0 Å². The molecule has 0 fully saturated rings. The summed E-state index contributed by atoms with van der Waals surface area (Å²) in [6.45, 7) is 0.884. The van der Waals surface area contributed by atoms with Crippen molar-refractivity contribution in [2.75, 3.05) is 25.6 Å². The average Bonchev–Trinajstić information content (AvgIpc) is 3.00. The first kappa shape index (κ1) is 18.9. The molecule has 0 atom stereocenters. The maximum atomic E-state index is 12.7. The van der Waals surface area contributed by atoms with Crippen molar-refractivity contribution in [3.05, 3.63) is 50.9 Å². The van der Waals surface area contributed by atoms with Gasteiger partial charge >= 0.3 is 0 Å². The molecule has 0 unspecified atom stereocenters. The predicted octanol–water partition coefficient (Wildman–Crippen LogP) is 3.91. The molecule has 2 N–H and O–H groups in total. The van der Waals surface area contributed by atoms with E-state index in [4.69, 9.17) is 16.3 Å². The zero-order valence-corrected chi connectivity index (χ0v) is 16.1. The molecule has 26 heavy (non-hydrogen) atoms. The van der Waals surface area contributed by atoms with E-state index in [1.165, 1.54) is 16.2 Å². The Labute approximate surface area is 161 Å². The zero-order chi connectivity index (χ0) is 18.5. The lowest BCUT2D eigenvalue weighted by molar-refractivity contribution is 0.0937. The van der Waals surface area contributed by atoms with Gasteiger partial charge in [-0.05, 0) is 55.5 Å². The number of rotatable bonds is 6. The summed E-state index contributed by atoms with van der Waals surface area (Å²) in [5, 5.41) is 6.98. The van der Waals surface area contributed by atoms with Crippen molar-refractivity contribution in [2.45, 2.75) is 25.7 Å². The molecule has 0 radical (unpaired) electrons. The molecule has 0 spiro atoms.